The molecule has 0 spiro atoms. The minimum atomic E-state index is 0.554. The Balaban J connectivity index is 2.23. The zero-order chi connectivity index (χ0) is 14.5. The van der Waals surface area contributed by atoms with Crippen LogP contribution in [0.1, 0.15) is 0 Å². The summed E-state index contributed by atoms with van der Waals surface area (Å²) < 4.78 is 15.6. The smallest absolute Gasteiger partial charge is 0.162 e. The molecule has 0 aliphatic rings. The van der Waals surface area contributed by atoms with Crippen LogP contribution in [-0.2, 0) is 0 Å². The third-order valence-corrected chi connectivity index (χ3v) is 3.12. The Labute approximate surface area is 123 Å². The van der Waals surface area contributed by atoms with Gasteiger partial charge in [0.2, 0.25) is 0 Å². The van der Waals surface area contributed by atoms with E-state index in [1.54, 1.807) is 27.4 Å². The summed E-state index contributed by atoms with van der Waals surface area (Å²) >= 11 is 6.09. The van der Waals surface area contributed by atoms with Crippen LogP contribution in [0.3, 0.4) is 0 Å². The maximum absolute atomic E-state index is 6.09. The molecule has 0 aromatic heterocycles. The number of hydrogen-bond donors (Lipinski definition) is 1. The van der Waals surface area contributed by atoms with E-state index in [4.69, 9.17) is 25.8 Å². The number of anilines is 2. The Morgan fingerprint density at radius 2 is 1.30 bits per heavy atom. The monoisotopic (exact) mass is 293 g/mol. The first kappa shape index (κ1) is 14.3. The summed E-state index contributed by atoms with van der Waals surface area (Å²) in [5.41, 5.74) is 1.74. The van der Waals surface area contributed by atoms with E-state index in [9.17, 15) is 0 Å². The number of benzene rings is 2. The van der Waals surface area contributed by atoms with Crippen molar-refractivity contribution in [2.24, 2.45) is 0 Å². The van der Waals surface area contributed by atoms with Gasteiger partial charge in [0.15, 0.2) is 11.5 Å². The van der Waals surface area contributed by atoms with Crippen molar-refractivity contribution in [2.45, 2.75) is 0 Å². The van der Waals surface area contributed by atoms with Crippen molar-refractivity contribution in [2.75, 3.05) is 26.6 Å². The fraction of sp³-hybridized carbons (Fsp3) is 0.200. The normalized spacial score (nSPS) is 10.0. The highest BCUT2D eigenvalue weighted by Gasteiger charge is 2.06. The van der Waals surface area contributed by atoms with Crippen LogP contribution in [0.2, 0.25) is 5.02 Å². The quantitative estimate of drug-likeness (QED) is 0.900. The predicted octanol–water partition coefficient (Wildman–Crippen LogP) is 4.11. The molecule has 0 amide bonds. The number of halogens is 1. The SMILES string of the molecule is COc1ccc(Nc2ccc(OC)c(OC)c2)cc1Cl. The van der Waals surface area contributed by atoms with Crippen molar-refractivity contribution < 1.29 is 14.2 Å². The van der Waals surface area contributed by atoms with Gasteiger partial charge in [0.25, 0.3) is 0 Å². The molecule has 0 bridgehead atoms. The lowest BCUT2D eigenvalue weighted by Gasteiger charge is -2.12. The molecule has 20 heavy (non-hydrogen) atoms. The van der Waals surface area contributed by atoms with Gasteiger partial charge in [0, 0.05) is 17.4 Å². The molecule has 0 atom stereocenters. The predicted molar refractivity (Wildman–Crippen MR) is 80.8 cm³/mol. The average molecular weight is 294 g/mol. The zero-order valence-electron chi connectivity index (χ0n) is 11.6. The fourth-order valence-corrected chi connectivity index (χ4v) is 2.08. The zero-order valence-corrected chi connectivity index (χ0v) is 12.3. The molecule has 2 rings (SSSR count). The minimum absolute atomic E-state index is 0.554. The standard InChI is InChI=1S/C15H16ClNO3/c1-18-13-6-4-10(8-12(13)16)17-11-5-7-14(19-2)15(9-11)20-3/h4-9,17H,1-3H3. The average Bonchev–Trinajstić information content (AvgIpc) is 2.47. The van der Waals surface area contributed by atoms with Crippen LogP contribution in [-0.4, -0.2) is 21.3 Å². The summed E-state index contributed by atoms with van der Waals surface area (Å²) in [5, 5.41) is 3.80. The maximum Gasteiger partial charge on any atom is 0.162 e. The van der Waals surface area contributed by atoms with Gasteiger partial charge in [0.05, 0.1) is 26.4 Å². The molecule has 0 fully saturated rings. The molecule has 106 valence electrons. The van der Waals surface area contributed by atoms with E-state index in [0.717, 1.165) is 11.4 Å². The van der Waals surface area contributed by atoms with Crippen LogP contribution >= 0.6 is 11.6 Å². The van der Waals surface area contributed by atoms with E-state index in [-0.39, 0.29) is 0 Å². The summed E-state index contributed by atoms with van der Waals surface area (Å²) in [6.07, 6.45) is 0. The molecule has 0 saturated heterocycles. The molecular weight excluding hydrogens is 278 g/mol. The highest BCUT2D eigenvalue weighted by molar-refractivity contribution is 6.32. The molecule has 2 aromatic rings. The van der Waals surface area contributed by atoms with Gasteiger partial charge in [-0.15, -0.1) is 0 Å². The van der Waals surface area contributed by atoms with Gasteiger partial charge in [0.1, 0.15) is 5.75 Å². The van der Waals surface area contributed by atoms with Gasteiger partial charge in [-0.2, -0.15) is 0 Å². The van der Waals surface area contributed by atoms with Gasteiger partial charge >= 0.3 is 0 Å². The lowest BCUT2D eigenvalue weighted by atomic mass is 10.2. The summed E-state index contributed by atoms with van der Waals surface area (Å²) in [6.45, 7) is 0. The van der Waals surface area contributed by atoms with E-state index in [1.807, 2.05) is 30.3 Å². The van der Waals surface area contributed by atoms with Crippen LogP contribution in [0.25, 0.3) is 0 Å². The van der Waals surface area contributed by atoms with Gasteiger partial charge in [-0.3, -0.25) is 0 Å². The highest BCUT2D eigenvalue weighted by Crippen LogP contribution is 2.33. The first-order valence-electron chi connectivity index (χ1n) is 6.00. The molecule has 1 N–H and O–H groups in total. The Hall–Kier alpha value is -2.07. The number of ether oxygens (including phenoxy) is 3. The molecule has 0 radical (unpaired) electrons. The third kappa shape index (κ3) is 3.08. The molecule has 0 heterocycles. The number of nitrogens with one attached hydrogen (secondary N) is 1. The van der Waals surface area contributed by atoms with Crippen LogP contribution in [0.4, 0.5) is 11.4 Å². The lowest BCUT2D eigenvalue weighted by molar-refractivity contribution is 0.355. The maximum atomic E-state index is 6.09. The highest BCUT2D eigenvalue weighted by atomic mass is 35.5. The molecule has 5 heteroatoms. The molecule has 2 aromatic carbocycles. The number of hydrogen-bond acceptors (Lipinski definition) is 4. The Morgan fingerprint density at radius 3 is 1.85 bits per heavy atom. The van der Waals surface area contributed by atoms with Gasteiger partial charge < -0.3 is 19.5 Å². The van der Waals surface area contributed by atoms with Crippen molar-refractivity contribution in [3.63, 3.8) is 0 Å². The van der Waals surface area contributed by atoms with Crippen molar-refractivity contribution in [1.82, 2.24) is 0 Å². The van der Waals surface area contributed by atoms with Crippen LogP contribution in [0.15, 0.2) is 36.4 Å². The first-order chi connectivity index (χ1) is 9.67. The topological polar surface area (TPSA) is 39.7 Å². The summed E-state index contributed by atoms with van der Waals surface area (Å²) in [7, 11) is 4.79. The van der Waals surface area contributed by atoms with Gasteiger partial charge in [-0.1, -0.05) is 11.6 Å². The van der Waals surface area contributed by atoms with Crippen LogP contribution < -0.4 is 19.5 Å². The lowest BCUT2D eigenvalue weighted by Crippen LogP contribution is -1.94. The Bertz CT molecular complexity index is 602. The summed E-state index contributed by atoms with van der Waals surface area (Å²) in [4.78, 5) is 0. The van der Waals surface area contributed by atoms with E-state index < -0.39 is 0 Å². The fourth-order valence-electron chi connectivity index (χ4n) is 1.82. The third-order valence-electron chi connectivity index (χ3n) is 2.82. The molecule has 0 aliphatic carbocycles. The number of methoxy groups -OCH3 is 3. The van der Waals surface area contributed by atoms with Gasteiger partial charge in [-0.25, -0.2) is 0 Å². The second-order valence-electron chi connectivity index (χ2n) is 4.04. The molecule has 0 aliphatic heterocycles. The van der Waals surface area contributed by atoms with Crippen molar-refractivity contribution >= 4 is 23.0 Å². The van der Waals surface area contributed by atoms with Crippen molar-refractivity contribution in [3.8, 4) is 17.2 Å². The second-order valence-corrected chi connectivity index (χ2v) is 4.45. The second kappa shape index (κ2) is 6.39. The first-order valence-corrected chi connectivity index (χ1v) is 6.38. The van der Waals surface area contributed by atoms with Gasteiger partial charge in [-0.05, 0) is 30.3 Å². The number of rotatable bonds is 5. The largest absolute Gasteiger partial charge is 0.495 e. The Kier molecular flexibility index (Phi) is 4.58. The van der Waals surface area contributed by atoms with E-state index in [2.05, 4.69) is 5.32 Å². The van der Waals surface area contributed by atoms with Crippen LogP contribution in [0.5, 0.6) is 17.2 Å². The van der Waals surface area contributed by atoms with Crippen molar-refractivity contribution in [1.29, 1.82) is 0 Å². The summed E-state index contributed by atoms with van der Waals surface area (Å²) in [6, 6.07) is 11.1. The van der Waals surface area contributed by atoms with Crippen molar-refractivity contribution in [3.05, 3.63) is 41.4 Å². The Morgan fingerprint density at radius 1 is 0.750 bits per heavy atom. The molecular formula is C15H16ClNO3. The molecule has 0 saturated carbocycles. The van der Waals surface area contributed by atoms with Crippen LogP contribution in [0, 0.1) is 0 Å². The van der Waals surface area contributed by atoms with E-state index >= 15 is 0 Å². The van der Waals surface area contributed by atoms with E-state index in [1.165, 1.54) is 0 Å². The van der Waals surface area contributed by atoms with E-state index in [0.29, 0.717) is 22.3 Å². The minimum Gasteiger partial charge on any atom is -0.495 e. The molecule has 4 nitrogen and oxygen atoms in total. The summed E-state index contributed by atoms with van der Waals surface area (Å²) in [5.74, 6) is 1.99. The molecule has 0 unspecified atom stereocenters.